The molecule has 0 fully saturated rings. The molecule has 0 spiro atoms. The number of benzene rings is 1. The number of nitrogens with zero attached hydrogens (tertiary/aromatic N) is 6. The summed E-state index contributed by atoms with van der Waals surface area (Å²) in [6, 6.07) is 17.7. The molecule has 7 heteroatoms. The predicted molar refractivity (Wildman–Crippen MR) is 115 cm³/mol. The van der Waals surface area contributed by atoms with Gasteiger partial charge in [0.25, 0.3) is 0 Å². The second-order valence-electron chi connectivity index (χ2n) is 7.03. The smallest absolute Gasteiger partial charge is 0.214 e. The van der Waals surface area contributed by atoms with Crippen molar-refractivity contribution in [1.29, 1.82) is 0 Å². The normalized spacial score (nSPS) is 11.1. The maximum Gasteiger partial charge on any atom is 0.214 e. The summed E-state index contributed by atoms with van der Waals surface area (Å²) in [6.45, 7) is 0.334. The summed E-state index contributed by atoms with van der Waals surface area (Å²) in [5.74, 6) is 1.38. The molecule has 30 heavy (non-hydrogen) atoms. The Kier molecular flexibility index (Phi) is 4.48. The molecule has 0 amide bonds. The molecule has 0 saturated heterocycles. The van der Waals surface area contributed by atoms with E-state index in [0.717, 1.165) is 39.4 Å². The summed E-state index contributed by atoms with van der Waals surface area (Å²) in [7, 11) is 3.90. The van der Waals surface area contributed by atoms with E-state index in [4.69, 9.17) is 9.72 Å². The molecule has 0 aliphatic carbocycles. The number of imidazole rings is 1. The van der Waals surface area contributed by atoms with E-state index in [0.29, 0.717) is 12.5 Å². The van der Waals surface area contributed by atoms with Crippen LogP contribution in [0.2, 0.25) is 0 Å². The molecule has 148 valence electrons. The molecule has 5 rings (SSSR count). The summed E-state index contributed by atoms with van der Waals surface area (Å²) in [5, 5.41) is 4.62. The van der Waals surface area contributed by atoms with Gasteiger partial charge in [0.1, 0.15) is 18.1 Å². The van der Waals surface area contributed by atoms with Crippen LogP contribution in [0.25, 0.3) is 33.5 Å². The Hall–Kier alpha value is -4.00. The first kappa shape index (κ1) is 18.1. The predicted octanol–water partition coefficient (Wildman–Crippen LogP) is 4.01. The zero-order valence-electron chi connectivity index (χ0n) is 16.7. The van der Waals surface area contributed by atoms with Crippen molar-refractivity contribution in [3.63, 3.8) is 0 Å². The van der Waals surface area contributed by atoms with Crippen molar-refractivity contribution in [3.05, 3.63) is 79.0 Å². The Morgan fingerprint density at radius 1 is 0.900 bits per heavy atom. The van der Waals surface area contributed by atoms with Crippen LogP contribution in [0.5, 0.6) is 5.88 Å². The highest BCUT2D eigenvalue weighted by Gasteiger charge is 2.14. The van der Waals surface area contributed by atoms with E-state index in [2.05, 4.69) is 15.1 Å². The Balaban J connectivity index is 1.43. The molecule has 0 radical (unpaired) electrons. The molecule has 0 N–H and O–H groups in total. The highest BCUT2D eigenvalue weighted by atomic mass is 16.5. The van der Waals surface area contributed by atoms with Crippen LogP contribution in [0.1, 0.15) is 5.82 Å². The second kappa shape index (κ2) is 7.44. The lowest BCUT2D eigenvalue weighted by Gasteiger charge is -2.07. The third-order valence-electron chi connectivity index (χ3n) is 5.02. The molecule has 1 aromatic carbocycles. The summed E-state index contributed by atoms with van der Waals surface area (Å²) in [5.41, 5.74) is 5.63. The van der Waals surface area contributed by atoms with Gasteiger partial charge in [-0.3, -0.25) is 9.67 Å². The standard InChI is InChI=1S/C23H20N6O/c1-28-14-17(16-10-12-24-13-11-16)23(27-28)19-7-5-9-22(26-19)30-15-21-25-18-6-3-4-8-20(18)29(21)2/h3-14H,15H2,1-2H3. The molecule has 4 heterocycles. The van der Waals surface area contributed by atoms with Crippen LogP contribution in [0.15, 0.2) is 73.2 Å². The van der Waals surface area contributed by atoms with E-state index in [9.17, 15) is 0 Å². The largest absolute Gasteiger partial charge is 0.469 e. The molecule has 7 nitrogen and oxygen atoms in total. The highest BCUT2D eigenvalue weighted by molar-refractivity contribution is 5.78. The molecule has 0 saturated carbocycles. The lowest BCUT2D eigenvalue weighted by Crippen LogP contribution is -2.04. The first-order valence-electron chi connectivity index (χ1n) is 9.63. The fraction of sp³-hybridized carbons (Fsp3) is 0.130. The molecular weight excluding hydrogens is 376 g/mol. The van der Waals surface area contributed by atoms with Crippen LogP contribution in [0, 0.1) is 0 Å². The van der Waals surface area contributed by atoms with Crippen molar-refractivity contribution in [2.45, 2.75) is 6.61 Å². The summed E-state index contributed by atoms with van der Waals surface area (Å²) < 4.78 is 9.81. The van der Waals surface area contributed by atoms with Gasteiger partial charge >= 0.3 is 0 Å². The van der Waals surface area contributed by atoms with Crippen LogP contribution in [-0.4, -0.2) is 29.3 Å². The third kappa shape index (κ3) is 3.30. The Labute approximate surface area is 173 Å². The van der Waals surface area contributed by atoms with E-state index < -0.39 is 0 Å². The second-order valence-corrected chi connectivity index (χ2v) is 7.03. The number of aromatic nitrogens is 6. The minimum Gasteiger partial charge on any atom is -0.469 e. The van der Waals surface area contributed by atoms with Crippen LogP contribution < -0.4 is 4.74 Å². The number of fused-ring (bicyclic) bond motifs is 1. The van der Waals surface area contributed by atoms with Gasteiger partial charge in [0.05, 0.1) is 16.7 Å². The van der Waals surface area contributed by atoms with Crippen LogP contribution >= 0.6 is 0 Å². The van der Waals surface area contributed by atoms with Crippen LogP contribution in [-0.2, 0) is 20.7 Å². The molecular formula is C23H20N6O. The Bertz CT molecular complexity index is 1320. The van der Waals surface area contributed by atoms with Crippen LogP contribution in [0.4, 0.5) is 0 Å². The third-order valence-corrected chi connectivity index (χ3v) is 5.02. The van der Waals surface area contributed by atoms with E-state index in [-0.39, 0.29) is 0 Å². The minimum atomic E-state index is 0.334. The molecule has 0 aliphatic rings. The highest BCUT2D eigenvalue weighted by Crippen LogP contribution is 2.30. The van der Waals surface area contributed by atoms with Gasteiger partial charge < -0.3 is 9.30 Å². The molecule has 0 aliphatic heterocycles. The number of rotatable bonds is 5. The molecule has 4 aromatic heterocycles. The summed E-state index contributed by atoms with van der Waals surface area (Å²) in [6.07, 6.45) is 5.53. The van der Waals surface area contributed by atoms with E-state index in [1.54, 1.807) is 17.1 Å². The lowest BCUT2D eigenvalue weighted by molar-refractivity contribution is 0.281. The van der Waals surface area contributed by atoms with Crippen LogP contribution in [0.3, 0.4) is 0 Å². The average Bonchev–Trinajstić information content (AvgIpc) is 3.33. The van der Waals surface area contributed by atoms with E-state index in [1.807, 2.05) is 79.5 Å². The van der Waals surface area contributed by atoms with Crippen molar-refractivity contribution in [2.75, 3.05) is 0 Å². The molecule has 5 aromatic rings. The number of ether oxygens (including phenoxy) is 1. The fourth-order valence-electron chi connectivity index (χ4n) is 3.51. The van der Waals surface area contributed by atoms with Gasteiger partial charge in [-0.1, -0.05) is 18.2 Å². The van der Waals surface area contributed by atoms with Crippen molar-refractivity contribution >= 4 is 11.0 Å². The van der Waals surface area contributed by atoms with E-state index in [1.165, 1.54) is 0 Å². The van der Waals surface area contributed by atoms with Gasteiger partial charge in [-0.05, 0) is 35.9 Å². The van der Waals surface area contributed by atoms with Crippen molar-refractivity contribution in [2.24, 2.45) is 14.1 Å². The zero-order valence-corrected chi connectivity index (χ0v) is 16.7. The first-order chi connectivity index (χ1) is 14.7. The van der Waals surface area contributed by atoms with Crippen molar-refractivity contribution < 1.29 is 4.74 Å². The average molecular weight is 396 g/mol. The maximum atomic E-state index is 5.98. The van der Waals surface area contributed by atoms with Gasteiger partial charge in [0.2, 0.25) is 5.88 Å². The number of hydrogen-bond donors (Lipinski definition) is 0. The fourth-order valence-corrected chi connectivity index (χ4v) is 3.51. The van der Waals surface area contributed by atoms with Gasteiger partial charge in [-0.25, -0.2) is 9.97 Å². The molecule has 0 bridgehead atoms. The zero-order chi connectivity index (χ0) is 20.5. The minimum absolute atomic E-state index is 0.334. The SMILES string of the molecule is Cn1cc(-c2ccncc2)c(-c2cccc(OCc3nc4ccccc4n3C)n2)n1. The Morgan fingerprint density at radius 3 is 2.57 bits per heavy atom. The Morgan fingerprint density at radius 2 is 1.73 bits per heavy atom. The number of aryl methyl sites for hydroxylation is 2. The summed E-state index contributed by atoms with van der Waals surface area (Å²) >= 11 is 0. The van der Waals surface area contributed by atoms with Crippen molar-refractivity contribution in [3.8, 4) is 28.4 Å². The molecule has 0 atom stereocenters. The molecule has 0 unspecified atom stereocenters. The number of hydrogen-bond acceptors (Lipinski definition) is 5. The van der Waals surface area contributed by atoms with Gasteiger partial charge in [-0.2, -0.15) is 5.10 Å². The maximum absolute atomic E-state index is 5.98. The number of para-hydroxylation sites is 2. The van der Waals surface area contributed by atoms with Gasteiger partial charge in [0.15, 0.2) is 0 Å². The lowest BCUT2D eigenvalue weighted by atomic mass is 10.1. The van der Waals surface area contributed by atoms with E-state index >= 15 is 0 Å². The van der Waals surface area contributed by atoms with Gasteiger partial charge in [0, 0.05) is 44.3 Å². The number of pyridine rings is 2. The van der Waals surface area contributed by atoms with Crippen molar-refractivity contribution in [1.82, 2.24) is 29.3 Å². The topological polar surface area (TPSA) is 70.7 Å². The summed E-state index contributed by atoms with van der Waals surface area (Å²) in [4.78, 5) is 13.4. The monoisotopic (exact) mass is 396 g/mol. The quantitative estimate of drug-likeness (QED) is 0.449. The first-order valence-corrected chi connectivity index (χ1v) is 9.63. The van der Waals surface area contributed by atoms with Gasteiger partial charge in [-0.15, -0.1) is 0 Å².